The second kappa shape index (κ2) is 12.8. The zero-order chi connectivity index (χ0) is 19.3. The molecule has 0 fully saturated rings. The van der Waals surface area contributed by atoms with E-state index in [1.807, 2.05) is 0 Å². The summed E-state index contributed by atoms with van der Waals surface area (Å²) in [6, 6.07) is 33.0. The van der Waals surface area contributed by atoms with E-state index in [-0.39, 0.29) is 0 Å². The average Bonchev–Trinajstić information content (AvgIpc) is 2.75. The van der Waals surface area contributed by atoms with Crippen LogP contribution in [0.4, 0.5) is 0 Å². The molecule has 3 aromatic carbocycles. The van der Waals surface area contributed by atoms with Gasteiger partial charge in [0.15, 0.2) is 0 Å². The van der Waals surface area contributed by atoms with Gasteiger partial charge in [0.05, 0.1) is 0 Å². The molecule has 0 aromatic heterocycles. The molecule has 27 heavy (non-hydrogen) atoms. The molecule has 0 heterocycles. The first-order valence-electron chi connectivity index (χ1n) is 10.4. The van der Waals surface area contributed by atoms with Gasteiger partial charge in [-0.25, -0.2) is 0 Å². The summed E-state index contributed by atoms with van der Waals surface area (Å²) in [5.41, 5.74) is 0. The van der Waals surface area contributed by atoms with E-state index in [2.05, 4.69) is 112 Å². The average molecular weight is 465 g/mol. The van der Waals surface area contributed by atoms with Gasteiger partial charge in [0, 0.05) is 0 Å². The van der Waals surface area contributed by atoms with Gasteiger partial charge in [-0.05, 0) is 5.92 Å². The van der Waals surface area contributed by atoms with Gasteiger partial charge in [0.25, 0.3) is 0 Å². The van der Waals surface area contributed by atoms with E-state index in [9.17, 15) is 0 Å². The van der Waals surface area contributed by atoms with E-state index in [0.717, 1.165) is 5.92 Å². The summed E-state index contributed by atoms with van der Waals surface area (Å²) in [5.74, 6) is 0.954. The van der Waals surface area contributed by atoms with Gasteiger partial charge in [-0.15, -0.1) is 0 Å². The second-order valence-corrected chi connectivity index (χ2v) is 15.5. The molecule has 0 aliphatic carbocycles. The van der Waals surface area contributed by atoms with Crippen LogP contribution in [0.5, 0.6) is 0 Å². The number of hydrogen-bond donors (Lipinski definition) is 0. The van der Waals surface area contributed by atoms with Crippen molar-refractivity contribution < 1.29 is 0 Å². The molecule has 0 saturated heterocycles. The summed E-state index contributed by atoms with van der Waals surface area (Å²) in [6.45, 7) is 6.85. The summed E-state index contributed by atoms with van der Waals surface area (Å²) in [7, 11) is 0. The van der Waals surface area contributed by atoms with Gasteiger partial charge >= 0.3 is 121 Å². The number of benzene rings is 3. The van der Waals surface area contributed by atoms with Gasteiger partial charge in [0.2, 0.25) is 0 Å². The molecule has 0 amide bonds. The third kappa shape index (κ3) is 7.54. The van der Waals surface area contributed by atoms with E-state index in [4.69, 9.17) is 0 Å². The molecule has 142 valence electrons. The molecule has 0 N–H and O–H groups in total. The van der Waals surface area contributed by atoms with Crippen molar-refractivity contribution in [1.29, 1.82) is 0 Å². The summed E-state index contributed by atoms with van der Waals surface area (Å²) in [5, 5.41) is 0. The molecule has 0 nitrogen and oxygen atoms in total. The third-order valence-corrected chi connectivity index (χ3v) is 14.1. The molecule has 0 spiro atoms. The van der Waals surface area contributed by atoms with E-state index in [1.54, 1.807) is 10.7 Å². The molecule has 0 aliphatic rings. The predicted octanol–water partition coefficient (Wildman–Crippen LogP) is 5.16. The Morgan fingerprint density at radius 3 is 1.30 bits per heavy atom. The fourth-order valence-corrected chi connectivity index (χ4v) is 11.8. The normalized spacial score (nSPS) is 11.6. The second-order valence-electron chi connectivity index (χ2n) is 7.32. The molecule has 0 aliphatic heterocycles. The molecule has 1 unspecified atom stereocenters. The van der Waals surface area contributed by atoms with Crippen LogP contribution in [-0.4, -0.2) is 19.8 Å². The number of hydrogen-bond acceptors (Lipinski definition) is 0. The minimum absolute atomic E-state index is 0.954. The van der Waals surface area contributed by atoms with Gasteiger partial charge in [0.1, 0.15) is 0 Å². The van der Waals surface area contributed by atoms with Crippen molar-refractivity contribution in [2.24, 2.45) is 5.92 Å². The van der Waals surface area contributed by atoms with E-state index in [1.165, 1.54) is 25.7 Å². The molecule has 0 radical (unpaired) electrons. The van der Waals surface area contributed by atoms with E-state index >= 15 is 0 Å². The topological polar surface area (TPSA) is 0 Å². The summed E-state index contributed by atoms with van der Waals surface area (Å²) in [6.07, 6.45) is 5.53. The molecule has 0 saturated carbocycles. The molecule has 3 rings (SSSR count). The van der Waals surface area contributed by atoms with Crippen molar-refractivity contribution in [2.45, 2.75) is 46.5 Å². The first kappa shape index (κ1) is 21.8. The van der Waals surface area contributed by atoms with Crippen LogP contribution in [0, 0.1) is 5.92 Å². The van der Waals surface area contributed by atoms with Gasteiger partial charge < -0.3 is 0 Å². The van der Waals surface area contributed by atoms with Crippen molar-refractivity contribution in [1.82, 2.24) is 0 Å². The Hall–Kier alpha value is -1.54. The van der Waals surface area contributed by atoms with Gasteiger partial charge in [-0.1, -0.05) is 46.5 Å². The molecule has 1 heteroatoms. The van der Waals surface area contributed by atoms with Crippen LogP contribution in [-0.2, 0) is 0 Å². The predicted molar refractivity (Wildman–Crippen MR) is 124 cm³/mol. The zero-order valence-electron chi connectivity index (χ0n) is 17.1. The Bertz CT molecular complexity index is 628. The van der Waals surface area contributed by atoms with Gasteiger partial charge in [-0.2, -0.15) is 0 Å². The standard InChI is InChI=1S/C8H18.3C6H5.Sn.H/c1-4-6-7-8(3)5-2;3*1-2-4-6-5-3-1;;/h8H,4-7H2,1-3H3;3*1-5H;;. The van der Waals surface area contributed by atoms with Crippen LogP contribution in [0.2, 0.25) is 0 Å². The fraction of sp³-hybridized carbons (Fsp3) is 0.308. The van der Waals surface area contributed by atoms with Crippen molar-refractivity contribution in [2.75, 3.05) is 0 Å². The van der Waals surface area contributed by atoms with Crippen LogP contribution in [0.15, 0.2) is 91.0 Å². The molecular formula is C26H34Sn. The molecule has 3 aromatic rings. The Labute approximate surface area is 173 Å². The monoisotopic (exact) mass is 466 g/mol. The Kier molecular flexibility index (Phi) is 10.3. The minimum atomic E-state index is -2.14. The SMILES string of the molecule is CCCCC(C)CC.c1cc[c]([SnH]([c]2ccccc2)[c]2ccccc2)cc1. The van der Waals surface area contributed by atoms with E-state index in [0.29, 0.717) is 0 Å². The number of rotatable bonds is 7. The quantitative estimate of drug-likeness (QED) is 0.423. The Morgan fingerprint density at radius 2 is 1.00 bits per heavy atom. The van der Waals surface area contributed by atoms with Crippen LogP contribution >= 0.6 is 0 Å². The Balaban J connectivity index is 0.000000279. The summed E-state index contributed by atoms with van der Waals surface area (Å²) >= 11 is -2.14. The number of unbranched alkanes of at least 4 members (excludes halogenated alkanes) is 1. The summed E-state index contributed by atoms with van der Waals surface area (Å²) in [4.78, 5) is 0. The third-order valence-electron chi connectivity index (χ3n) is 5.15. The van der Waals surface area contributed by atoms with E-state index < -0.39 is 19.8 Å². The first-order chi connectivity index (χ1) is 13.3. The maximum absolute atomic E-state index is 2.33. The van der Waals surface area contributed by atoms with Gasteiger partial charge in [-0.3, -0.25) is 0 Å². The maximum atomic E-state index is 2.33. The van der Waals surface area contributed by atoms with Crippen LogP contribution in [0.25, 0.3) is 0 Å². The molecule has 0 bridgehead atoms. The summed E-state index contributed by atoms with van der Waals surface area (Å²) < 4.78 is 4.63. The van der Waals surface area contributed by atoms with Crippen LogP contribution in [0.3, 0.4) is 0 Å². The van der Waals surface area contributed by atoms with Crippen molar-refractivity contribution in [3.63, 3.8) is 0 Å². The Morgan fingerprint density at radius 1 is 0.630 bits per heavy atom. The van der Waals surface area contributed by atoms with Crippen LogP contribution in [0.1, 0.15) is 46.5 Å². The van der Waals surface area contributed by atoms with Crippen LogP contribution < -0.4 is 10.7 Å². The fourth-order valence-electron chi connectivity index (χ4n) is 3.27. The zero-order valence-corrected chi connectivity index (χ0v) is 20.4. The van der Waals surface area contributed by atoms with Crippen molar-refractivity contribution >= 4 is 30.5 Å². The molecule has 1 atom stereocenters. The van der Waals surface area contributed by atoms with Crippen molar-refractivity contribution in [3.05, 3.63) is 91.0 Å². The van der Waals surface area contributed by atoms with Crippen molar-refractivity contribution in [3.8, 4) is 0 Å². The first-order valence-corrected chi connectivity index (χ1v) is 15.3. The molecular weight excluding hydrogens is 431 g/mol.